The molecule has 3 heterocycles. The lowest BCUT2D eigenvalue weighted by Gasteiger charge is -2.40. The van der Waals surface area contributed by atoms with Gasteiger partial charge in [-0.05, 0) is 78.1 Å². The van der Waals surface area contributed by atoms with Crippen LogP contribution in [0, 0.1) is 5.92 Å². The second-order valence-electron chi connectivity index (χ2n) is 8.20. The van der Waals surface area contributed by atoms with E-state index < -0.39 is 0 Å². The molecule has 1 aromatic carbocycles. The van der Waals surface area contributed by atoms with Crippen LogP contribution in [0.15, 0.2) is 46.4 Å². The number of carbonyl (C=O) groups excluding carboxylic acids is 2. The van der Waals surface area contributed by atoms with Gasteiger partial charge >= 0.3 is 0 Å². The number of aromatic nitrogens is 1. The summed E-state index contributed by atoms with van der Waals surface area (Å²) in [6.07, 6.45) is 6.25. The monoisotopic (exact) mass is 513 g/mol. The van der Waals surface area contributed by atoms with Crippen molar-refractivity contribution in [3.05, 3.63) is 62.4 Å². The lowest BCUT2D eigenvalue weighted by Crippen LogP contribution is -2.47. The van der Waals surface area contributed by atoms with Crippen LogP contribution < -0.4 is 0 Å². The molecule has 168 valence electrons. The third kappa shape index (κ3) is 4.34. The van der Waals surface area contributed by atoms with Gasteiger partial charge in [-0.1, -0.05) is 18.2 Å². The van der Waals surface area contributed by atoms with Crippen LogP contribution in [0.1, 0.15) is 34.6 Å². The molecule has 0 radical (unpaired) electrons. The van der Waals surface area contributed by atoms with Gasteiger partial charge in [-0.2, -0.15) is 0 Å². The molecule has 0 spiro atoms. The van der Waals surface area contributed by atoms with Gasteiger partial charge in [-0.15, -0.1) is 11.3 Å². The van der Waals surface area contributed by atoms with E-state index in [2.05, 4.69) is 77.2 Å². The summed E-state index contributed by atoms with van der Waals surface area (Å²) >= 11 is 4.67. The molecule has 2 aromatic heterocycles. The summed E-state index contributed by atoms with van der Waals surface area (Å²) in [5.74, 6) is 0.210. The number of aldehydes is 1. The zero-order valence-corrected chi connectivity index (χ0v) is 21.0. The molecule has 5 rings (SSSR count). The number of nitrogens with one attached hydrogen (secondary N) is 1. The number of H-pyrrole nitrogens is 1. The standard InChI is InChI=1S/C20H25N3O.C5H3BrOS/c1-4-23(5-2)20(24)14-9-16-15-7-6-8-17-19(15)13(11-21-17)10-18(16)22(3)12-14;6-5-2-1-4(3-7)8-5/h6-9,11,14,18,21H,4-5,10,12H2,1-3H3;1-3H/t14-,18-;/m1./s1. The molecule has 5 nitrogen and oxygen atoms in total. The molecule has 0 fully saturated rings. The SMILES string of the molecule is CCN(CC)C(=O)[C@@H]1C=C2c3cccc4[nH]cc(c34)C[C@H]2N(C)C1.O=Cc1ccc(Br)s1. The van der Waals surface area contributed by atoms with Gasteiger partial charge in [-0.3, -0.25) is 14.5 Å². The number of benzene rings is 1. The normalized spacial score (nSPS) is 19.6. The third-order valence-electron chi connectivity index (χ3n) is 6.37. The maximum atomic E-state index is 12.9. The van der Waals surface area contributed by atoms with E-state index in [1.54, 1.807) is 6.07 Å². The minimum Gasteiger partial charge on any atom is -0.361 e. The smallest absolute Gasteiger partial charge is 0.230 e. The van der Waals surface area contributed by atoms with Crippen LogP contribution in [0.4, 0.5) is 0 Å². The fourth-order valence-electron chi connectivity index (χ4n) is 4.77. The minimum absolute atomic E-state index is 0.0445. The summed E-state index contributed by atoms with van der Waals surface area (Å²) in [5.41, 5.74) is 5.21. The van der Waals surface area contributed by atoms with Gasteiger partial charge in [0.25, 0.3) is 0 Å². The Labute approximate surface area is 201 Å². The van der Waals surface area contributed by atoms with Crippen LogP contribution in [0.5, 0.6) is 0 Å². The van der Waals surface area contributed by atoms with E-state index >= 15 is 0 Å². The molecule has 2 atom stereocenters. The maximum absolute atomic E-state index is 12.9. The Hall–Kier alpha value is -2.22. The van der Waals surface area contributed by atoms with Gasteiger partial charge in [0.2, 0.25) is 5.91 Å². The Morgan fingerprint density at radius 3 is 2.69 bits per heavy atom. The Bertz CT molecular complexity index is 1160. The number of halogens is 1. The van der Waals surface area contributed by atoms with E-state index in [0.29, 0.717) is 6.04 Å². The predicted molar refractivity (Wildman–Crippen MR) is 135 cm³/mol. The van der Waals surface area contributed by atoms with Crippen LogP contribution >= 0.6 is 27.3 Å². The molecular formula is C25H28BrN3O2S. The number of aromatic amines is 1. The average Bonchev–Trinajstić information content (AvgIpc) is 3.42. The third-order valence-corrected chi connectivity index (χ3v) is 7.92. The molecule has 1 N–H and O–H groups in total. The molecule has 7 heteroatoms. The molecule has 3 aromatic rings. The number of nitrogens with zero attached hydrogens (tertiary/aromatic N) is 2. The fraction of sp³-hybridized carbons (Fsp3) is 0.360. The summed E-state index contributed by atoms with van der Waals surface area (Å²) in [6, 6.07) is 10.5. The van der Waals surface area contributed by atoms with E-state index in [4.69, 9.17) is 0 Å². The summed E-state index contributed by atoms with van der Waals surface area (Å²) in [6.45, 7) is 6.47. The highest BCUT2D eigenvalue weighted by molar-refractivity contribution is 9.11. The molecule has 1 aliphatic carbocycles. The van der Waals surface area contributed by atoms with Crippen LogP contribution in [-0.2, 0) is 11.2 Å². The quantitative estimate of drug-likeness (QED) is 0.486. The van der Waals surface area contributed by atoms with Crippen LogP contribution in [0.25, 0.3) is 16.5 Å². The van der Waals surface area contributed by atoms with Gasteiger partial charge in [-0.25, -0.2) is 0 Å². The highest BCUT2D eigenvalue weighted by Gasteiger charge is 2.36. The summed E-state index contributed by atoms with van der Waals surface area (Å²) in [7, 11) is 2.15. The highest BCUT2D eigenvalue weighted by Crippen LogP contribution is 2.40. The van der Waals surface area contributed by atoms with E-state index in [0.717, 1.165) is 41.0 Å². The van der Waals surface area contributed by atoms with Crippen molar-refractivity contribution in [2.75, 3.05) is 26.7 Å². The first kappa shape index (κ1) is 23.0. The Morgan fingerprint density at radius 1 is 1.28 bits per heavy atom. The van der Waals surface area contributed by atoms with E-state index in [1.165, 1.54) is 38.9 Å². The Balaban J connectivity index is 0.000000260. The van der Waals surface area contributed by atoms with E-state index in [-0.39, 0.29) is 11.8 Å². The number of rotatable bonds is 4. The van der Waals surface area contributed by atoms with Crippen molar-refractivity contribution in [2.24, 2.45) is 5.92 Å². The van der Waals surface area contributed by atoms with Gasteiger partial charge in [0.15, 0.2) is 6.29 Å². The second-order valence-corrected chi connectivity index (χ2v) is 10.7. The molecule has 0 bridgehead atoms. The van der Waals surface area contributed by atoms with Crippen molar-refractivity contribution < 1.29 is 9.59 Å². The number of carbonyl (C=O) groups is 2. The summed E-state index contributed by atoms with van der Waals surface area (Å²) in [5, 5.41) is 1.34. The van der Waals surface area contributed by atoms with E-state index in [9.17, 15) is 9.59 Å². The van der Waals surface area contributed by atoms with Crippen molar-refractivity contribution in [2.45, 2.75) is 26.3 Å². The molecule has 0 unspecified atom stereocenters. The van der Waals surface area contributed by atoms with E-state index in [1.807, 2.05) is 11.0 Å². The predicted octanol–water partition coefficient (Wildman–Crippen LogP) is 5.23. The topological polar surface area (TPSA) is 56.4 Å². The lowest BCUT2D eigenvalue weighted by molar-refractivity contribution is -0.134. The fourth-order valence-corrected chi connectivity index (χ4v) is 6.01. The highest BCUT2D eigenvalue weighted by atomic mass is 79.9. The number of likely N-dealkylation sites (N-methyl/N-ethyl adjacent to an activating group) is 1. The summed E-state index contributed by atoms with van der Waals surface area (Å²) < 4.78 is 1.000. The molecule has 32 heavy (non-hydrogen) atoms. The molecule has 1 amide bonds. The minimum atomic E-state index is -0.0445. The van der Waals surface area contributed by atoms with Crippen molar-refractivity contribution in [3.63, 3.8) is 0 Å². The first-order valence-corrected chi connectivity index (χ1v) is 12.6. The molecule has 2 aliphatic rings. The molecule has 0 saturated carbocycles. The Kier molecular flexibility index (Phi) is 6.98. The van der Waals surface area contributed by atoms with Crippen molar-refractivity contribution >= 4 is 55.9 Å². The number of hydrogen-bond acceptors (Lipinski definition) is 4. The molecule has 1 aliphatic heterocycles. The van der Waals surface area contributed by atoms with Gasteiger partial charge in [0, 0.05) is 42.8 Å². The van der Waals surface area contributed by atoms with Crippen LogP contribution in [0.3, 0.4) is 0 Å². The van der Waals surface area contributed by atoms with Crippen LogP contribution in [0.2, 0.25) is 0 Å². The zero-order valence-electron chi connectivity index (χ0n) is 18.6. The van der Waals surface area contributed by atoms with Gasteiger partial charge in [0.1, 0.15) is 0 Å². The first-order chi connectivity index (χ1) is 15.5. The first-order valence-electron chi connectivity index (χ1n) is 11.0. The lowest BCUT2D eigenvalue weighted by atomic mass is 9.79. The van der Waals surface area contributed by atoms with Gasteiger partial charge in [0.05, 0.1) is 14.6 Å². The number of amides is 1. The largest absolute Gasteiger partial charge is 0.361 e. The van der Waals surface area contributed by atoms with Crippen molar-refractivity contribution in [1.29, 1.82) is 0 Å². The van der Waals surface area contributed by atoms with Gasteiger partial charge < -0.3 is 9.88 Å². The molecular weight excluding hydrogens is 486 g/mol. The number of fused-ring (bicyclic) bond motifs is 2. The zero-order chi connectivity index (χ0) is 22.8. The number of thiophene rings is 1. The van der Waals surface area contributed by atoms with Crippen molar-refractivity contribution in [1.82, 2.24) is 14.8 Å². The maximum Gasteiger partial charge on any atom is 0.230 e. The Morgan fingerprint density at radius 2 is 2.06 bits per heavy atom. The molecule has 0 saturated heterocycles. The van der Waals surface area contributed by atoms with Crippen LogP contribution in [-0.4, -0.2) is 59.7 Å². The second kappa shape index (κ2) is 9.73. The van der Waals surface area contributed by atoms with Crippen molar-refractivity contribution in [3.8, 4) is 0 Å². The average molecular weight is 514 g/mol. The number of hydrogen-bond donors (Lipinski definition) is 1. The summed E-state index contributed by atoms with van der Waals surface area (Å²) in [4.78, 5) is 31.3.